The van der Waals surface area contributed by atoms with Crippen molar-refractivity contribution in [3.05, 3.63) is 78.4 Å². The quantitative estimate of drug-likeness (QED) is 0.225. The standard InChI is InChI=1S/C24H22FN3O2S2/c1-30-18-10-12-19(13-11-18)31-15-5-9-22(29)28(16-17-6-2-3-14-26-17)24-27-23-20(25)7-4-8-21(23)32-24/h2-4,6-8,10-14H,5,9,15-16H2,1H3. The predicted octanol–water partition coefficient (Wildman–Crippen LogP) is 5.94. The molecule has 4 aromatic rings. The van der Waals surface area contributed by atoms with Crippen LogP contribution in [0.2, 0.25) is 0 Å². The number of nitrogens with zero attached hydrogens (tertiary/aromatic N) is 3. The molecule has 2 aromatic heterocycles. The Morgan fingerprint density at radius 2 is 1.97 bits per heavy atom. The fourth-order valence-electron chi connectivity index (χ4n) is 3.16. The van der Waals surface area contributed by atoms with Crippen LogP contribution < -0.4 is 9.64 Å². The number of aromatic nitrogens is 2. The van der Waals surface area contributed by atoms with Gasteiger partial charge in [0.05, 0.1) is 24.0 Å². The van der Waals surface area contributed by atoms with E-state index in [4.69, 9.17) is 4.74 Å². The van der Waals surface area contributed by atoms with Crippen molar-refractivity contribution in [2.24, 2.45) is 0 Å². The predicted molar refractivity (Wildman–Crippen MR) is 128 cm³/mol. The molecule has 4 rings (SSSR count). The molecule has 0 saturated carbocycles. The molecular weight excluding hydrogens is 445 g/mol. The minimum atomic E-state index is -0.383. The monoisotopic (exact) mass is 467 g/mol. The van der Waals surface area contributed by atoms with Crippen LogP contribution in [0.3, 0.4) is 0 Å². The van der Waals surface area contributed by atoms with Crippen LogP contribution in [0.15, 0.2) is 71.8 Å². The molecule has 164 valence electrons. The average Bonchev–Trinajstić information content (AvgIpc) is 3.26. The zero-order valence-electron chi connectivity index (χ0n) is 17.5. The maximum absolute atomic E-state index is 14.2. The molecule has 0 aliphatic carbocycles. The summed E-state index contributed by atoms with van der Waals surface area (Å²) in [6, 6.07) is 18.3. The number of fused-ring (bicyclic) bond motifs is 1. The number of hydrogen-bond donors (Lipinski definition) is 0. The summed E-state index contributed by atoms with van der Waals surface area (Å²) in [6.07, 6.45) is 2.78. The van der Waals surface area contributed by atoms with Gasteiger partial charge < -0.3 is 4.74 Å². The summed E-state index contributed by atoms with van der Waals surface area (Å²) in [5.41, 5.74) is 1.05. The molecule has 2 heterocycles. The molecule has 0 unspecified atom stereocenters. The lowest BCUT2D eigenvalue weighted by Gasteiger charge is -2.19. The highest BCUT2D eigenvalue weighted by Gasteiger charge is 2.21. The zero-order chi connectivity index (χ0) is 22.3. The highest BCUT2D eigenvalue weighted by Crippen LogP contribution is 2.31. The van der Waals surface area contributed by atoms with Gasteiger partial charge in [0.2, 0.25) is 5.91 Å². The van der Waals surface area contributed by atoms with E-state index in [9.17, 15) is 9.18 Å². The van der Waals surface area contributed by atoms with Gasteiger partial charge in [-0.2, -0.15) is 0 Å². The molecular formula is C24H22FN3O2S2. The van der Waals surface area contributed by atoms with Gasteiger partial charge in [-0.25, -0.2) is 9.37 Å². The second kappa shape index (κ2) is 10.6. The number of ether oxygens (including phenoxy) is 1. The van der Waals surface area contributed by atoms with Gasteiger partial charge in [0, 0.05) is 17.5 Å². The number of methoxy groups -OCH3 is 1. The summed E-state index contributed by atoms with van der Waals surface area (Å²) < 4.78 is 20.1. The molecule has 0 atom stereocenters. The minimum Gasteiger partial charge on any atom is -0.497 e. The van der Waals surface area contributed by atoms with E-state index in [1.807, 2.05) is 48.5 Å². The fraction of sp³-hybridized carbons (Fsp3) is 0.208. The Morgan fingerprint density at radius 1 is 1.12 bits per heavy atom. The van der Waals surface area contributed by atoms with Crippen LogP contribution >= 0.6 is 23.1 Å². The third-order valence-electron chi connectivity index (χ3n) is 4.80. The molecule has 0 N–H and O–H groups in total. The van der Waals surface area contributed by atoms with Crippen LogP contribution in [0.5, 0.6) is 5.75 Å². The molecule has 0 spiro atoms. The lowest BCUT2D eigenvalue weighted by Crippen LogP contribution is -2.30. The maximum Gasteiger partial charge on any atom is 0.229 e. The molecule has 0 aliphatic rings. The molecule has 8 heteroatoms. The number of hydrogen-bond acceptors (Lipinski definition) is 6. The molecule has 2 aromatic carbocycles. The number of anilines is 1. The fourth-order valence-corrected chi connectivity index (χ4v) is 5.00. The van der Waals surface area contributed by atoms with Gasteiger partial charge in [-0.3, -0.25) is 14.7 Å². The van der Waals surface area contributed by atoms with Crippen LogP contribution in [0.1, 0.15) is 18.5 Å². The van der Waals surface area contributed by atoms with E-state index in [1.165, 1.54) is 17.4 Å². The summed E-state index contributed by atoms with van der Waals surface area (Å²) in [4.78, 5) is 24.7. The third-order valence-corrected chi connectivity index (χ3v) is 6.94. The van der Waals surface area contributed by atoms with Gasteiger partial charge in [-0.05, 0) is 60.7 Å². The summed E-state index contributed by atoms with van der Waals surface area (Å²) in [6.45, 7) is 0.298. The topological polar surface area (TPSA) is 55.3 Å². The number of para-hydroxylation sites is 1. The highest BCUT2D eigenvalue weighted by atomic mass is 32.2. The number of thiazole rings is 1. The number of amides is 1. The van der Waals surface area contributed by atoms with E-state index >= 15 is 0 Å². The molecule has 1 amide bonds. The maximum atomic E-state index is 14.2. The van der Waals surface area contributed by atoms with Gasteiger partial charge in [0.15, 0.2) is 5.13 Å². The average molecular weight is 468 g/mol. The van der Waals surface area contributed by atoms with Crippen molar-refractivity contribution in [1.29, 1.82) is 0 Å². The molecule has 0 bridgehead atoms. The molecule has 0 radical (unpaired) electrons. The molecule has 32 heavy (non-hydrogen) atoms. The van der Waals surface area contributed by atoms with Crippen LogP contribution in [-0.2, 0) is 11.3 Å². The van der Waals surface area contributed by atoms with Gasteiger partial charge >= 0.3 is 0 Å². The van der Waals surface area contributed by atoms with Crippen LogP contribution in [0.25, 0.3) is 10.2 Å². The van der Waals surface area contributed by atoms with E-state index in [0.29, 0.717) is 34.7 Å². The Balaban J connectivity index is 1.44. The van der Waals surface area contributed by atoms with Crippen molar-refractivity contribution in [2.75, 3.05) is 17.8 Å². The van der Waals surface area contributed by atoms with Crippen molar-refractivity contribution in [2.45, 2.75) is 24.3 Å². The number of rotatable bonds is 9. The van der Waals surface area contributed by atoms with E-state index < -0.39 is 0 Å². The first-order chi connectivity index (χ1) is 15.6. The largest absolute Gasteiger partial charge is 0.497 e. The van der Waals surface area contributed by atoms with Gasteiger partial charge in [-0.15, -0.1) is 11.8 Å². The Hall–Kier alpha value is -2.97. The summed E-state index contributed by atoms with van der Waals surface area (Å²) in [7, 11) is 1.64. The van der Waals surface area contributed by atoms with Crippen molar-refractivity contribution in [3.8, 4) is 5.75 Å². The minimum absolute atomic E-state index is 0.0505. The molecule has 5 nitrogen and oxygen atoms in total. The Morgan fingerprint density at radius 3 is 2.69 bits per heavy atom. The normalized spacial score (nSPS) is 10.9. The number of pyridine rings is 1. The number of carbonyl (C=O) groups is 1. The first-order valence-electron chi connectivity index (χ1n) is 10.2. The summed E-state index contributed by atoms with van der Waals surface area (Å²) in [5.74, 6) is 1.20. The SMILES string of the molecule is COc1ccc(SCCCC(=O)N(Cc2ccccn2)c2nc3c(F)cccc3s2)cc1. The lowest BCUT2D eigenvalue weighted by molar-refractivity contribution is -0.118. The van der Waals surface area contributed by atoms with Crippen molar-refractivity contribution in [1.82, 2.24) is 9.97 Å². The number of thioether (sulfide) groups is 1. The van der Waals surface area contributed by atoms with E-state index in [0.717, 1.165) is 22.1 Å². The van der Waals surface area contributed by atoms with Crippen LogP contribution in [0, 0.1) is 5.82 Å². The molecule has 0 aliphatic heterocycles. The molecule has 0 saturated heterocycles. The van der Waals surface area contributed by atoms with Crippen molar-refractivity contribution >= 4 is 44.4 Å². The number of halogens is 1. The molecule has 0 fully saturated rings. The van der Waals surface area contributed by atoms with E-state index in [-0.39, 0.29) is 11.7 Å². The van der Waals surface area contributed by atoms with Crippen LogP contribution in [0.4, 0.5) is 9.52 Å². The van der Waals surface area contributed by atoms with Gasteiger partial charge in [-0.1, -0.05) is 23.5 Å². The first-order valence-corrected chi connectivity index (χ1v) is 12.0. The highest BCUT2D eigenvalue weighted by molar-refractivity contribution is 7.99. The first kappa shape index (κ1) is 22.2. The van der Waals surface area contributed by atoms with E-state index in [2.05, 4.69) is 9.97 Å². The van der Waals surface area contributed by atoms with Gasteiger partial charge in [0.1, 0.15) is 17.1 Å². The number of benzene rings is 2. The number of carbonyl (C=O) groups excluding carboxylic acids is 1. The summed E-state index contributed by atoms with van der Waals surface area (Å²) in [5, 5.41) is 0.489. The van der Waals surface area contributed by atoms with E-state index in [1.54, 1.807) is 36.0 Å². The van der Waals surface area contributed by atoms with Crippen molar-refractivity contribution in [3.63, 3.8) is 0 Å². The third kappa shape index (κ3) is 5.44. The smallest absolute Gasteiger partial charge is 0.229 e. The van der Waals surface area contributed by atoms with Crippen molar-refractivity contribution < 1.29 is 13.9 Å². The van der Waals surface area contributed by atoms with Gasteiger partial charge in [0.25, 0.3) is 0 Å². The Bertz CT molecular complexity index is 1180. The van der Waals surface area contributed by atoms with Crippen LogP contribution in [-0.4, -0.2) is 28.7 Å². The Kier molecular flexibility index (Phi) is 7.34. The second-order valence-electron chi connectivity index (χ2n) is 7.01. The Labute approximate surface area is 194 Å². The summed E-state index contributed by atoms with van der Waals surface area (Å²) >= 11 is 3.01. The lowest BCUT2D eigenvalue weighted by atomic mass is 10.2. The second-order valence-corrected chi connectivity index (χ2v) is 9.19. The zero-order valence-corrected chi connectivity index (χ0v) is 19.2.